The van der Waals surface area contributed by atoms with Gasteiger partial charge in [-0.2, -0.15) is 0 Å². The Hall–Kier alpha value is -2.33. The number of nitrogens with zero attached hydrogens (tertiary/aromatic N) is 2. The van der Waals surface area contributed by atoms with Gasteiger partial charge in [0.15, 0.2) is 0 Å². The minimum atomic E-state index is -0.973. The average Bonchev–Trinajstić information content (AvgIpc) is 2.84. The van der Waals surface area contributed by atoms with Crippen LogP contribution in [0.5, 0.6) is 0 Å². The highest BCUT2D eigenvalue weighted by molar-refractivity contribution is 6.29. The number of carboxylic acid groups (broad SMARTS) is 1. The molecule has 0 saturated carbocycles. The number of fused-ring (bicyclic) bond motifs is 1. The molecule has 5 heteroatoms. The molecule has 1 aromatic carbocycles. The molecule has 0 aliphatic heterocycles. The Kier molecular flexibility index (Phi) is 2.72. The Morgan fingerprint density at radius 2 is 1.95 bits per heavy atom. The zero-order valence-corrected chi connectivity index (χ0v) is 10.5. The summed E-state index contributed by atoms with van der Waals surface area (Å²) in [4.78, 5) is 15.6. The monoisotopic (exact) mass is 272 g/mol. The van der Waals surface area contributed by atoms with Crippen molar-refractivity contribution in [1.82, 2.24) is 9.38 Å². The van der Waals surface area contributed by atoms with E-state index >= 15 is 0 Å². The number of carboxylic acids is 1. The standard InChI is InChI=1S/C14H9ClN2O2/c15-12-6-3-7-13-16-11(8-17(12)13)9-4-1-2-5-10(9)14(18)19/h1-8H,(H,18,19). The van der Waals surface area contributed by atoms with Crippen LogP contribution in [-0.4, -0.2) is 20.5 Å². The van der Waals surface area contributed by atoms with Crippen molar-refractivity contribution in [3.63, 3.8) is 0 Å². The molecule has 4 nitrogen and oxygen atoms in total. The van der Waals surface area contributed by atoms with Gasteiger partial charge in [0.25, 0.3) is 0 Å². The topological polar surface area (TPSA) is 54.6 Å². The van der Waals surface area contributed by atoms with Gasteiger partial charge in [-0.05, 0) is 18.2 Å². The number of carbonyl (C=O) groups is 1. The van der Waals surface area contributed by atoms with Crippen LogP contribution >= 0.6 is 11.6 Å². The lowest BCUT2D eigenvalue weighted by molar-refractivity contribution is 0.0697. The maximum absolute atomic E-state index is 11.2. The minimum Gasteiger partial charge on any atom is -0.478 e. The van der Waals surface area contributed by atoms with E-state index in [9.17, 15) is 9.90 Å². The second-order valence-corrected chi connectivity index (χ2v) is 4.44. The van der Waals surface area contributed by atoms with E-state index in [1.807, 2.05) is 6.07 Å². The number of pyridine rings is 1. The molecule has 3 aromatic rings. The predicted molar refractivity (Wildman–Crippen MR) is 72.6 cm³/mol. The number of rotatable bonds is 2. The number of aromatic nitrogens is 2. The molecule has 0 atom stereocenters. The molecule has 2 aromatic heterocycles. The van der Waals surface area contributed by atoms with Gasteiger partial charge in [-0.3, -0.25) is 4.40 Å². The molecule has 19 heavy (non-hydrogen) atoms. The Balaban J connectivity index is 2.25. The number of imidazole rings is 1. The van der Waals surface area contributed by atoms with Crippen LogP contribution in [-0.2, 0) is 0 Å². The lowest BCUT2D eigenvalue weighted by Gasteiger charge is -2.01. The normalized spacial score (nSPS) is 10.8. The van der Waals surface area contributed by atoms with E-state index in [-0.39, 0.29) is 5.56 Å². The fourth-order valence-corrected chi connectivity index (χ4v) is 2.21. The van der Waals surface area contributed by atoms with Gasteiger partial charge in [-0.25, -0.2) is 9.78 Å². The summed E-state index contributed by atoms with van der Waals surface area (Å²) in [5, 5.41) is 9.73. The molecule has 0 aliphatic rings. The largest absolute Gasteiger partial charge is 0.478 e. The van der Waals surface area contributed by atoms with Gasteiger partial charge in [0.05, 0.1) is 11.3 Å². The van der Waals surface area contributed by atoms with Crippen molar-refractivity contribution in [3.8, 4) is 11.3 Å². The van der Waals surface area contributed by atoms with Gasteiger partial charge < -0.3 is 5.11 Å². The van der Waals surface area contributed by atoms with Gasteiger partial charge in [0, 0.05) is 11.8 Å². The van der Waals surface area contributed by atoms with Gasteiger partial charge in [0.2, 0.25) is 0 Å². The van der Waals surface area contributed by atoms with E-state index in [1.165, 1.54) is 0 Å². The molecule has 0 saturated heterocycles. The van der Waals surface area contributed by atoms with Crippen LogP contribution in [0.4, 0.5) is 0 Å². The van der Waals surface area contributed by atoms with Gasteiger partial charge in [-0.15, -0.1) is 0 Å². The quantitative estimate of drug-likeness (QED) is 0.728. The van der Waals surface area contributed by atoms with Crippen LogP contribution in [0, 0.1) is 0 Å². The highest BCUT2D eigenvalue weighted by Gasteiger charge is 2.14. The molecule has 0 bridgehead atoms. The van der Waals surface area contributed by atoms with Crippen molar-refractivity contribution in [3.05, 3.63) is 59.4 Å². The first kappa shape index (κ1) is 11.7. The lowest BCUT2D eigenvalue weighted by Crippen LogP contribution is -1.98. The van der Waals surface area contributed by atoms with Crippen molar-refractivity contribution in [2.45, 2.75) is 0 Å². The maximum Gasteiger partial charge on any atom is 0.336 e. The first-order valence-electron chi connectivity index (χ1n) is 5.63. The van der Waals surface area contributed by atoms with Crippen molar-refractivity contribution >= 4 is 23.2 Å². The zero-order valence-electron chi connectivity index (χ0n) is 9.75. The molecule has 2 heterocycles. The summed E-state index contributed by atoms with van der Waals surface area (Å²) in [5.41, 5.74) is 2.07. The number of halogens is 1. The van der Waals surface area contributed by atoms with E-state index in [1.54, 1.807) is 47.0 Å². The molecule has 0 amide bonds. The van der Waals surface area contributed by atoms with Crippen LogP contribution in [0.1, 0.15) is 10.4 Å². The van der Waals surface area contributed by atoms with Crippen LogP contribution in [0.15, 0.2) is 48.7 Å². The molecule has 94 valence electrons. The zero-order chi connectivity index (χ0) is 13.4. The molecule has 0 spiro atoms. The Labute approximate surface area is 113 Å². The number of benzene rings is 1. The summed E-state index contributed by atoms with van der Waals surface area (Å²) >= 11 is 6.07. The predicted octanol–water partition coefficient (Wildman–Crippen LogP) is 3.35. The molecule has 0 unspecified atom stereocenters. The Bertz CT molecular complexity index is 780. The van der Waals surface area contributed by atoms with Crippen molar-refractivity contribution in [1.29, 1.82) is 0 Å². The van der Waals surface area contributed by atoms with E-state index in [4.69, 9.17) is 11.6 Å². The van der Waals surface area contributed by atoms with Crippen molar-refractivity contribution in [2.24, 2.45) is 0 Å². The second kappa shape index (κ2) is 4.40. The van der Waals surface area contributed by atoms with Crippen molar-refractivity contribution < 1.29 is 9.90 Å². The van der Waals surface area contributed by atoms with Gasteiger partial charge in [0.1, 0.15) is 10.8 Å². The third-order valence-corrected chi connectivity index (χ3v) is 3.18. The molecule has 0 aliphatic carbocycles. The third-order valence-electron chi connectivity index (χ3n) is 2.88. The third kappa shape index (κ3) is 1.96. The first-order chi connectivity index (χ1) is 9.16. The highest BCUT2D eigenvalue weighted by Crippen LogP contribution is 2.25. The summed E-state index contributed by atoms with van der Waals surface area (Å²) in [6.45, 7) is 0. The number of aromatic carboxylic acids is 1. The summed E-state index contributed by atoms with van der Waals surface area (Å²) in [5.74, 6) is -0.973. The fraction of sp³-hybridized carbons (Fsp3) is 0. The second-order valence-electron chi connectivity index (χ2n) is 4.05. The smallest absolute Gasteiger partial charge is 0.336 e. The minimum absolute atomic E-state index is 0.224. The number of hydrogen-bond acceptors (Lipinski definition) is 2. The molecule has 0 radical (unpaired) electrons. The number of hydrogen-bond donors (Lipinski definition) is 1. The van der Waals surface area contributed by atoms with E-state index in [0.717, 1.165) is 0 Å². The summed E-state index contributed by atoms with van der Waals surface area (Å²) in [7, 11) is 0. The van der Waals surface area contributed by atoms with Gasteiger partial charge in [-0.1, -0.05) is 35.9 Å². The van der Waals surface area contributed by atoms with Gasteiger partial charge >= 0.3 is 5.97 Å². The summed E-state index contributed by atoms with van der Waals surface area (Å²) in [6, 6.07) is 12.1. The molecule has 0 fully saturated rings. The first-order valence-corrected chi connectivity index (χ1v) is 6.01. The lowest BCUT2D eigenvalue weighted by atomic mass is 10.1. The summed E-state index contributed by atoms with van der Waals surface area (Å²) < 4.78 is 1.72. The SMILES string of the molecule is O=C(O)c1ccccc1-c1cn2c(Cl)cccc2n1. The average molecular weight is 273 g/mol. The molecule has 3 rings (SSSR count). The maximum atomic E-state index is 11.2. The highest BCUT2D eigenvalue weighted by atomic mass is 35.5. The van der Waals surface area contributed by atoms with Crippen LogP contribution in [0.2, 0.25) is 5.15 Å². The van der Waals surface area contributed by atoms with Crippen molar-refractivity contribution in [2.75, 3.05) is 0 Å². The Morgan fingerprint density at radius 3 is 2.68 bits per heavy atom. The van der Waals surface area contributed by atoms with E-state index in [0.29, 0.717) is 22.1 Å². The summed E-state index contributed by atoms with van der Waals surface area (Å²) in [6.07, 6.45) is 1.74. The van der Waals surface area contributed by atoms with E-state index in [2.05, 4.69) is 4.98 Å². The molecular formula is C14H9ClN2O2. The van der Waals surface area contributed by atoms with Crippen LogP contribution in [0.3, 0.4) is 0 Å². The Morgan fingerprint density at radius 1 is 1.16 bits per heavy atom. The van der Waals surface area contributed by atoms with E-state index < -0.39 is 5.97 Å². The van der Waals surface area contributed by atoms with Crippen LogP contribution < -0.4 is 0 Å². The fourth-order valence-electron chi connectivity index (χ4n) is 2.00. The van der Waals surface area contributed by atoms with Crippen LogP contribution in [0.25, 0.3) is 16.9 Å². The molecular weight excluding hydrogens is 264 g/mol. The molecule has 1 N–H and O–H groups in total.